The number of carbonyl (C=O) groups is 1. The first-order valence-electron chi connectivity index (χ1n) is 2.27. The molecule has 0 aromatic rings. The van der Waals surface area contributed by atoms with Crippen molar-refractivity contribution in [2.75, 3.05) is 13.2 Å². The predicted octanol–water partition coefficient (Wildman–Crippen LogP) is -0.486. The minimum atomic E-state index is -0.691. The van der Waals surface area contributed by atoms with Gasteiger partial charge in [0.2, 0.25) is 0 Å². The number of aliphatic hydroxyl groups excluding tert-OH is 1. The topological polar surface area (TPSA) is 55.8 Å². The van der Waals surface area contributed by atoms with E-state index in [4.69, 9.17) is 5.11 Å². The molecule has 0 saturated carbocycles. The molecule has 1 N–H and O–H groups in total. The zero-order valence-electron chi connectivity index (χ0n) is 4.16. The van der Waals surface area contributed by atoms with Gasteiger partial charge in [0.25, 0.3) is 0 Å². The van der Waals surface area contributed by atoms with E-state index in [0.717, 1.165) is 0 Å². The van der Waals surface area contributed by atoms with Gasteiger partial charge in [0.05, 0.1) is 6.61 Å². The van der Waals surface area contributed by atoms with Gasteiger partial charge < -0.3 is 14.6 Å². The zero-order valence-corrected chi connectivity index (χ0v) is 4.16. The summed E-state index contributed by atoms with van der Waals surface area (Å²) >= 11 is 0. The molecule has 0 aliphatic carbocycles. The molecule has 1 heterocycles. The first-order valence-corrected chi connectivity index (χ1v) is 2.27. The van der Waals surface area contributed by atoms with E-state index in [1.54, 1.807) is 0 Å². The lowest BCUT2D eigenvalue weighted by Crippen LogP contribution is -2.14. The van der Waals surface area contributed by atoms with Gasteiger partial charge in [-0.05, 0) is 0 Å². The number of aliphatic hydroxyl groups is 1. The Morgan fingerprint density at radius 3 is 2.88 bits per heavy atom. The Hall–Kier alpha value is -0.770. The minimum absolute atomic E-state index is 0.161. The van der Waals surface area contributed by atoms with E-state index in [-0.39, 0.29) is 13.2 Å². The van der Waals surface area contributed by atoms with Gasteiger partial charge in [-0.2, -0.15) is 0 Å². The van der Waals surface area contributed by atoms with E-state index in [9.17, 15) is 4.79 Å². The molecule has 1 aliphatic heterocycles. The average molecular weight is 118 g/mol. The van der Waals surface area contributed by atoms with Crippen LogP contribution >= 0.6 is 0 Å². The molecule has 0 aromatic heterocycles. The summed E-state index contributed by atoms with van der Waals surface area (Å²) in [6.07, 6.45) is -1.13. The molecule has 8 heavy (non-hydrogen) atoms. The smallest absolute Gasteiger partial charge is 0.430 e. The number of hydrogen-bond donors (Lipinski definition) is 1. The van der Waals surface area contributed by atoms with Gasteiger partial charge in [0.15, 0.2) is 6.10 Å². The largest absolute Gasteiger partial charge is 0.508 e. The van der Waals surface area contributed by atoms with Crippen molar-refractivity contribution in [3.05, 3.63) is 0 Å². The van der Waals surface area contributed by atoms with E-state index >= 15 is 0 Å². The van der Waals surface area contributed by atoms with Crippen LogP contribution in [-0.2, 0) is 9.47 Å². The number of hydrogen-bond acceptors (Lipinski definition) is 4. The van der Waals surface area contributed by atoms with E-state index in [2.05, 4.69) is 9.47 Å². The summed E-state index contributed by atoms with van der Waals surface area (Å²) in [5.74, 6) is 0. The highest BCUT2D eigenvalue weighted by atomic mass is 16.8. The Kier molecular flexibility index (Phi) is 1.34. The highest BCUT2D eigenvalue weighted by Gasteiger charge is 2.23. The highest BCUT2D eigenvalue weighted by molar-refractivity contribution is 5.61. The molecule has 0 amide bonds. The second kappa shape index (κ2) is 2.00. The summed E-state index contributed by atoms with van der Waals surface area (Å²) in [4.78, 5) is 10.1. The van der Waals surface area contributed by atoms with Crippen LogP contribution in [0.1, 0.15) is 0 Å². The summed E-state index contributed by atoms with van der Waals surface area (Å²) in [7, 11) is 0. The van der Waals surface area contributed by atoms with Crippen LogP contribution in [0.5, 0.6) is 0 Å². The SMILES string of the molecule is O=C1OC[C@@H](CO)O1. The van der Waals surface area contributed by atoms with Crippen molar-refractivity contribution >= 4 is 6.16 Å². The third kappa shape index (κ3) is 0.894. The molecule has 1 atom stereocenters. The number of cyclic esters (lactones) is 2. The van der Waals surface area contributed by atoms with Gasteiger partial charge in [-0.25, -0.2) is 4.79 Å². The predicted molar refractivity (Wildman–Crippen MR) is 23.3 cm³/mol. The fraction of sp³-hybridized carbons (Fsp3) is 0.750. The van der Waals surface area contributed by atoms with Gasteiger partial charge in [0, 0.05) is 0 Å². The second-order valence-corrected chi connectivity index (χ2v) is 1.48. The van der Waals surface area contributed by atoms with Gasteiger partial charge >= 0.3 is 6.16 Å². The molecule has 1 fully saturated rings. The van der Waals surface area contributed by atoms with E-state index in [1.807, 2.05) is 0 Å². The van der Waals surface area contributed by atoms with Crippen molar-refractivity contribution in [2.45, 2.75) is 6.10 Å². The quantitative estimate of drug-likeness (QED) is 0.472. The first-order chi connectivity index (χ1) is 3.83. The Balaban J connectivity index is 2.32. The maximum Gasteiger partial charge on any atom is 0.508 e. The van der Waals surface area contributed by atoms with Crippen molar-refractivity contribution in [1.82, 2.24) is 0 Å². The Bertz CT molecular complexity index is 100. The molecular weight excluding hydrogens is 112 g/mol. The third-order valence-electron chi connectivity index (χ3n) is 0.854. The lowest BCUT2D eigenvalue weighted by atomic mass is 10.4. The molecule has 0 unspecified atom stereocenters. The standard InChI is InChI=1S/C4H6O4/c5-1-3-2-7-4(6)8-3/h3,5H,1-2H2/t3-/m1/s1. The Morgan fingerprint density at radius 2 is 2.62 bits per heavy atom. The Labute approximate surface area is 46.0 Å². The van der Waals surface area contributed by atoms with Crippen molar-refractivity contribution in [3.63, 3.8) is 0 Å². The molecule has 0 radical (unpaired) electrons. The number of ether oxygens (including phenoxy) is 2. The summed E-state index contributed by atoms with van der Waals surface area (Å²) in [5, 5.41) is 8.33. The molecule has 1 rings (SSSR count). The molecule has 1 saturated heterocycles. The van der Waals surface area contributed by atoms with Crippen LogP contribution in [0.25, 0.3) is 0 Å². The van der Waals surface area contributed by atoms with Gasteiger partial charge in [-0.15, -0.1) is 0 Å². The maximum atomic E-state index is 10.1. The molecule has 0 spiro atoms. The van der Waals surface area contributed by atoms with Crippen molar-refractivity contribution < 1.29 is 19.4 Å². The monoisotopic (exact) mass is 118 g/mol. The summed E-state index contributed by atoms with van der Waals surface area (Å²) < 4.78 is 8.73. The van der Waals surface area contributed by atoms with Gasteiger partial charge in [-0.3, -0.25) is 0 Å². The summed E-state index contributed by atoms with van der Waals surface area (Å²) in [6.45, 7) is 0.0150. The molecular formula is C4H6O4. The van der Waals surface area contributed by atoms with Crippen LogP contribution in [0.3, 0.4) is 0 Å². The van der Waals surface area contributed by atoms with Crippen LogP contribution in [0, 0.1) is 0 Å². The van der Waals surface area contributed by atoms with E-state index < -0.39 is 12.3 Å². The normalized spacial score (nSPS) is 27.1. The number of carbonyl (C=O) groups excluding carboxylic acids is 1. The summed E-state index contributed by atoms with van der Waals surface area (Å²) in [6, 6.07) is 0. The molecule has 1 aliphatic rings. The van der Waals surface area contributed by atoms with Crippen LogP contribution in [0.15, 0.2) is 0 Å². The zero-order chi connectivity index (χ0) is 5.98. The van der Waals surface area contributed by atoms with Crippen molar-refractivity contribution in [1.29, 1.82) is 0 Å². The lowest BCUT2D eigenvalue weighted by molar-refractivity contribution is 0.0919. The minimum Gasteiger partial charge on any atom is -0.430 e. The molecule has 4 nitrogen and oxygen atoms in total. The Morgan fingerprint density at radius 1 is 1.88 bits per heavy atom. The fourth-order valence-electron chi connectivity index (χ4n) is 0.455. The molecule has 46 valence electrons. The molecule has 0 aromatic carbocycles. The molecule has 4 heteroatoms. The van der Waals surface area contributed by atoms with Crippen molar-refractivity contribution in [2.24, 2.45) is 0 Å². The van der Waals surface area contributed by atoms with Crippen LogP contribution < -0.4 is 0 Å². The fourth-order valence-corrected chi connectivity index (χ4v) is 0.455. The highest BCUT2D eigenvalue weighted by Crippen LogP contribution is 2.03. The lowest BCUT2D eigenvalue weighted by Gasteiger charge is -1.96. The van der Waals surface area contributed by atoms with Crippen LogP contribution in [0.2, 0.25) is 0 Å². The van der Waals surface area contributed by atoms with Crippen molar-refractivity contribution in [3.8, 4) is 0 Å². The van der Waals surface area contributed by atoms with Gasteiger partial charge in [0.1, 0.15) is 6.61 Å². The van der Waals surface area contributed by atoms with E-state index in [1.165, 1.54) is 0 Å². The summed E-state index contributed by atoms with van der Waals surface area (Å²) in [5.41, 5.74) is 0. The number of rotatable bonds is 1. The average Bonchev–Trinajstić information content (AvgIpc) is 2.14. The first kappa shape index (κ1) is 5.37. The third-order valence-corrected chi connectivity index (χ3v) is 0.854. The molecule has 0 bridgehead atoms. The maximum absolute atomic E-state index is 10.1. The van der Waals surface area contributed by atoms with Crippen LogP contribution in [0.4, 0.5) is 4.79 Å². The van der Waals surface area contributed by atoms with E-state index in [0.29, 0.717) is 0 Å². The van der Waals surface area contributed by atoms with Crippen LogP contribution in [-0.4, -0.2) is 30.6 Å². The second-order valence-electron chi connectivity index (χ2n) is 1.48. The van der Waals surface area contributed by atoms with Gasteiger partial charge in [-0.1, -0.05) is 0 Å².